The van der Waals surface area contributed by atoms with Gasteiger partial charge in [-0.2, -0.15) is 0 Å². The third-order valence-electron chi connectivity index (χ3n) is 6.28. The Morgan fingerprint density at radius 2 is 2.04 bits per heavy atom. The van der Waals surface area contributed by atoms with Gasteiger partial charge in [0.2, 0.25) is 0 Å². The summed E-state index contributed by atoms with van der Waals surface area (Å²) in [6, 6.07) is 8.45. The number of nitrogens with zero attached hydrogens (tertiary/aromatic N) is 1. The largest absolute Gasteiger partial charge is 0.760 e. The second-order valence-electron chi connectivity index (χ2n) is 8.40. The molecular formula is C20H31N2O2S-. The quantitative estimate of drug-likeness (QED) is 0.541. The van der Waals surface area contributed by atoms with Crippen LogP contribution in [0.5, 0.6) is 0 Å². The van der Waals surface area contributed by atoms with Crippen LogP contribution >= 0.6 is 0 Å². The topological polar surface area (TPSA) is 55.4 Å². The molecule has 0 radical (unpaired) electrons. The number of nitrogens with one attached hydrogen (secondary N) is 1. The van der Waals surface area contributed by atoms with Crippen LogP contribution in [0.2, 0.25) is 0 Å². The molecule has 140 valence electrons. The normalized spacial score (nSPS) is 29.8. The monoisotopic (exact) mass is 363 g/mol. The highest BCUT2D eigenvalue weighted by atomic mass is 32.2. The Morgan fingerprint density at radius 3 is 2.68 bits per heavy atom. The third kappa shape index (κ3) is 4.33. The molecule has 0 aromatic heterocycles. The maximum atomic E-state index is 10.7. The number of piperidine rings is 1. The summed E-state index contributed by atoms with van der Waals surface area (Å²) < 4.78 is 23.8. The molecule has 3 rings (SSSR count). The van der Waals surface area contributed by atoms with Crippen molar-refractivity contribution in [2.75, 3.05) is 19.6 Å². The average Bonchev–Trinajstić information content (AvgIpc) is 2.94. The van der Waals surface area contributed by atoms with Crippen molar-refractivity contribution in [3.8, 4) is 0 Å². The molecule has 1 heterocycles. The minimum Gasteiger partial charge on any atom is -0.760 e. The van der Waals surface area contributed by atoms with Gasteiger partial charge in [0.15, 0.2) is 0 Å². The Bertz CT molecular complexity index is 607. The van der Waals surface area contributed by atoms with E-state index >= 15 is 0 Å². The minimum atomic E-state index is -2.20. The predicted molar refractivity (Wildman–Crippen MR) is 102 cm³/mol. The molecule has 1 N–H and O–H groups in total. The fraction of sp³-hybridized carbons (Fsp3) is 0.700. The Labute approximate surface area is 154 Å². The first-order chi connectivity index (χ1) is 11.9. The molecular weight excluding hydrogens is 332 g/mol. The van der Waals surface area contributed by atoms with E-state index in [0.29, 0.717) is 6.54 Å². The van der Waals surface area contributed by atoms with Crippen molar-refractivity contribution in [1.82, 2.24) is 9.62 Å². The van der Waals surface area contributed by atoms with Crippen LogP contribution in [0.15, 0.2) is 24.3 Å². The molecule has 1 aliphatic heterocycles. The SMILES string of the molecule is CC(C)CCCCN1CC2C(C1)C2(C)c1cccc(CNS(=O)[O-])c1. The Balaban J connectivity index is 1.51. The van der Waals surface area contributed by atoms with Crippen LogP contribution in [0.1, 0.15) is 51.2 Å². The number of hydrogen-bond acceptors (Lipinski definition) is 3. The molecule has 0 bridgehead atoms. The first kappa shape index (κ1) is 19.0. The van der Waals surface area contributed by atoms with Crippen LogP contribution in [-0.4, -0.2) is 33.3 Å². The summed E-state index contributed by atoms with van der Waals surface area (Å²) in [5.41, 5.74) is 2.69. The molecule has 5 heteroatoms. The van der Waals surface area contributed by atoms with E-state index in [9.17, 15) is 8.76 Å². The van der Waals surface area contributed by atoms with Gasteiger partial charge in [-0.05, 0) is 41.8 Å². The predicted octanol–water partition coefficient (Wildman–Crippen LogP) is 3.22. The maximum Gasteiger partial charge on any atom is 0.0322 e. The highest BCUT2D eigenvalue weighted by molar-refractivity contribution is 7.77. The number of unbranched alkanes of at least 4 members (excludes halogenated alkanes) is 1. The molecule has 1 saturated heterocycles. The molecule has 0 amide bonds. The van der Waals surface area contributed by atoms with Gasteiger partial charge < -0.3 is 9.45 Å². The number of fused-ring (bicyclic) bond motifs is 1. The lowest BCUT2D eigenvalue weighted by Crippen LogP contribution is -2.30. The van der Waals surface area contributed by atoms with Gasteiger partial charge in [-0.1, -0.05) is 57.9 Å². The van der Waals surface area contributed by atoms with Crippen LogP contribution in [0, 0.1) is 17.8 Å². The summed E-state index contributed by atoms with van der Waals surface area (Å²) in [7, 11) is 0. The number of rotatable bonds is 9. The summed E-state index contributed by atoms with van der Waals surface area (Å²) in [5, 5.41) is 0. The molecule has 1 aromatic carbocycles. The zero-order valence-corrected chi connectivity index (χ0v) is 16.5. The maximum absolute atomic E-state index is 10.7. The van der Waals surface area contributed by atoms with Gasteiger partial charge in [0, 0.05) is 36.3 Å². The van der Waals surface area contributed by atoms with Crippen LogP contribution < -0.4 is 4.72 Å². The second kappa shape index (κ2) is 7.87. The second-order valence-corrected chi connectivity index (χ2v) is 9.16. The van der Waals surface area contributed by atoms with Gasteiger partial charge in [0.1, 0.15) is 0 Å². The van der Waals surface area contributed by atoms with Gasteiger partial charge in [0.05, 0.1) is 0 Å². The molecule has 1 aliphatic carbocycles. The Kier molecular flexibility index (Phi) is 5.99. The van der Waals surface area contributed by atoms with E-state index in [4.69, 9.17) is 0 Å². The fourth-order valence-corrected chi connectivity index (χ4v) is 4.90. The van der Waals surface area contributed by atoms with Crippen LogP contribution in [0.3, 0.4) is 0 Å². The molecule has 0 spiro atoms. The van der Waals surface area contributed by atoms with E-state index in [1.165, 1.54) is 44.5 Å². The Morgan fingerprint density at radius 1 is 1.32 bits per heavy atom. The van der Waals surface area contributed by atoms with E-state index in [0.717, 1.165) is 23.3 Å². The van der Waals surface area contributed by atoms with Crippen molar-refractivity contribution in [3.63, 3.8) is 0 Å². The van der Waals surface area contributed by atoms with E-state index in [1.807, 2.05) is 6.07 Å². The zero-order chi connectivity index (χ0) is 18.0. The van der Waals surface area contributed by atoms with Crippen molar-refractivity contribution in [1.29, 1.82) is 0 Å². The molecule has 2 fully saturated rings. The molecule has 1 saturated carbocycles. The number of hydrogen-bond donors (Lipinski definition) is 1. The van der Waals surface area contributed by atoms with Crippen molar-refractivity contribution in [2.24, 2.45) is 17.8 Å². The fourth-order valence-electron chi connectivity index (χ4n) is 4.62. The highest BCUT2D eigenvalue weighted by Crippen LogP contribution is 2.63. The zero-order valence-electron chi connectivity index (χ0n) is 15.7. The minimum absolute atomic E-state index is 0.279. The van der Waals surface area contributed by atoms with Gasteiger partial charge in [0.25, 0.3) is 0 Å². The smallest absolute Gasteiger partial charge is 0.0322 e. The van der Waals surface area contributed by atoms with Crippen molar-refractivity contribution >= 4 is 11.3 Å². The molecule has 3 atom stereocenters. The molecule has 1 aromatic rings. The third-order valence-corrected chi connectivity index (χ3v) is 6.66. The van der Waals surface area contributed by atoms with E-state index in [1.54, 1.807) is 0 Å². The van der Waals surface area contributed by atoms with Gasteiger partial charge in [-0.25, -0.2) is 4.72 Å². The average molecular weight is 364 g/mol. The van der Waals surface area contributed by atoms with Gasteiger partial charge >= 0.3 is 0 Å². The number of benzene rings is 1. The Hall–Kier alpha value is -0.750. The van der Waals surface area contributed by atoms with Gasteiger partial charge in [-0.3, -0.25) is 4.21 Å². The summed E-state index contributed by atoms with van der Waals surface area (Å²) >= 11 is -2.20. The molecule has 25 heavy (non-hydrogen) atoms. The van der Waals surface area contributed by atoms with E-state index < -0.39 is 11.3 Å². The lowest BCUT2D eigenvalue weighted by atomic mass is 9.91. The van der Waals surface area contributed by atoms with Gasteiger partial charge in [-0.15, -0.1) is 0 Å². The summed E-state index contributed by atoms with van der Waals surface area (Å²) in [6.45, 7) is 11.0. The number of likely N-dealkylation sites (tertiary alicyclic amines) is 1. The summed E-state index contributed by atoms with van der Waals surface area (Å²) in [5.74, 6) is 2.33. The van der Waals surface area contributed by atoms with Crippen LogP contribution in [0.4, 0.5) is 0 Å². The van der Waals surface area contributed by atoms with E-state index in [-0.39, 0.29) is 5.41 Å². The van der Waals surface area contributed by atoms with E-state index in [2.05, 4.69) is 48.6 Å². The first-order valence-electron chi connectivity index (χ1n) is 9.55. The summed E-state index contributed by atoms with van der Waals surface area (Å²) in [4.78, 5) is 2.64. The highest BCUT2D eigenvalue weighted by Gasteiger charge is 2.65. The van der Waals surface area contributed by atoms with Crippen molar-refractivity contribution in [2.45, 2.75) is 52.0 Å². The van der Waals surface area contributed by atoms with Crippen LogP contribution in [0.25, 0.3) is 0 Å². The molecule has 4 nitrogen and oxygen atoms in total. The summed E-state index contributed by atoms with van der Waals surface area (Å²) in [6.07, 6.45) is 4.01. The first-order valence-corrected chi connectivity index (χ1v) is 10.6. The molecule has 3 unspecified atom stereocenters. The van der Waals surface area contributed by atoms with Crippen LogP contribution in [-0.2, 0) is 23.2 Å². The lowest BCUT2D eigenvalue weighted by molar-refractivity contribution is 0.269. The molecule has 2 aliphatic rings. The standard InChI is InChI=1S/C20H32N2O2S/c1-15(2)7-4-5-10-22-13-18-19(14-22)20(18,3)17-9-6-8-16(11-17)12-21-25(23)24/h6,8-9,11,15,18-19,21H,4-5,7,10,12-14H2,1-3H3,(H,23,24)/p-1. The van der Waals surface area contributed by atoms with Crippen molar-refractivity contribution in [3.05, 3.63) is 35.4 Å². The lowest BCUT2D eigenvalue weighted by Gasteiger charge is -2.25. The van der Waals surface area contributed by atoms with Crippen molar-refractivity contribution < 1.29 is 8.76 Å².